The van der Waals surface area contributed by atoms with Crippen LogP contribution in [0.25, 0.3) is 0 Å². The Labute approximate surface area is 84.9 Å². The van der Waals surface area contributed by atoms with Crippen LogP contribution < -0.4 is 5.73 Å². The van der Waals surface area contributed by atoms with E-state index in [0.717, 1.165) is 32.0 Å². The van der Waals surface area contributed by atoms with E-state index in [2.05, 4.69) is 4.90 Å². The van der Waals surface area contributed by atoms with E-state index in [1.165, 1.54) is 12.8 Å². The molecule has 76 valence electrons. The van der Waals surface area contributed by atoms with Gasteiger partial charge in [0.2, 0.25) is 0 Å². The third kappa shape index (κ3) is 4.55. The predicted octanol–water partition coefficient (Wildman–Crippen LogP) is 0.509. The lowest BCUT2D eigenvalue weighted by Crippen LogP contribution is -2.30. The van der Waals surface area contributed by atoms with Gasteiger partial charge >= 0.3 is 0 Å². The van der Waals surface area contributed by atoms with Crippen LogP contribution in [0.1, 0.15) is 25.7 Å². The van der Waals surface area contributed by atoms with Gasteiger partial charge in [0, 0.05) is 12.6 Å². The number of nitrogens with zero attached hydrogens (tertiary/aromatic N) is 1. The Bertz CT molecular complexity index is 171. The van der Waals surface area contributed by atoms with E-state index >= 15 is 0 Å². The van der Waals surface area contributed by atoms with Crippen LogP contribution in [0.2, 0.25) is 0 Å². The van der Waals surface area contributed by atoms with Crippen LogP contribution in [0.4, 0.5) is 0 Å². The summed E-state index contributed by atoms with van der Waals surface area (Å²) in [5.74, 6) is 0. The van der Waals surface area contributed by atoms with Crippen molar-refractivity contribution in [2.75, 3.05) is 19.7 Å². The van der Waals surface area contributed by atoms with Gasteiger partial charge in [0.05, 0.1) is 11.6 Å². The molecular weight excluding hydrogens is 184 g/mol. The number of hydrogen-bond acceptors (Lipinski definition) is 3. The van der Waals surface area contributed by atoms with Crippen molar-refractivity contribution >= 4 is 17.2 Å². The molecule has 0 bridgehead atoms. The Morgan fingerprint density at radius 3 is 2.62 bits per heavy atom. The number of thiocarbonyl (C=S) groups is 1. The fourth-order valence-electron chi connectivity index (χ4n) is 1.50. The van der Waals surface area contributed by atoms with Crippen molar-refractivity contribution in [1.82, 2.24) is 4.90 Å². The molecule has 1 aliphatic rings. The molecule has 1 saturated carbocycles. The Hall–Kier alpha value is -0.190. The summed E-state index contributed by atoms with van der Waals surface area (Å²) in [6, 6.07) is 0.721. The minimum atomic E-state index is 0.254. The smallest absolute Gasteiger partial charge is 0.0727 e. The molecule has 0 aromatic rings. The molecule has 13 heavy (non-hydrogen) atoms. The lowest BCUT2D eigenvalue weighted by Gasteiger charge is -2.20. The summed E-state index contributed by atoms with van der Waals surface area (Å²) in [5.41, 5.74) is 5.41. The highest BCUT2D eigenvalue weighted by molar-refractivity contribution is 7.80. The zero-order valence-corrected chi connectivity index (χ0v) is 8.72. The Morgan fingerprint density at radius 1 is 1.46 bits per heavy atom. The summed E-state index contributed by atoms with van der Waals surface area (Å²) < 4.78 is 0. The first kappa shape index (κ1) is 10.9. The zero-order chi connectivity index (χ0) is 9.68. The van der Waals surface area contributed by atoms with Crippen molar-refractivity contribution in [3.8, 4) is 0 Å². The number of aliphatic hydroxyl groups is 1. The quantitative estimate of drug-likeness (QED) is 0.591. The van der Waals surface area contributed by atoms with Gasteiger partial charge in [-0.1, -0.05) is 12.2 Å². The Kier molecular flexibility index (Phi) is 4.62. The average Bonchev–Trinajstić information content (AvgIpc) is 2.84. The van der Waals surface area contributed by atoms with E-state index < -0.39 is 0 Å². The van der Waals surface area contributed by atoms with Crippen molar-refractivity contribution in [1.29, 1.82) is 0 Å². The van der Waals surface area contributed by atoms with Crippen molar-refractivity contribution < 1.29 is 5.11 Å². The van der Waals surface area contributed by atoms with Crippen molar-refractivity contribution in [2.24, 2.45) is 5.73 Å². The van der Waals surface area contributed by atoms with Crippen molar-refractivity contribution in [3.05, 3.63) is 0 Å². The highest BCUT2D eigenvalue weighted by Gasteiger charge is 2.27. The maximum Gasteiger partial charge on any atom is 0.0727 e. The van der Waals surface area contributed by atoms with E-state index in [1.54, 1.807) is 0 Å². The fraction of sp³-hybridized carbons (Fsp3) is 0.889. The molecule has 3 nitrogen and oxygen atoms in total. The molecule has 1 rings (SSSR count). The number of rotatable bonds is 7. The Balaban J connectivity index is 2.10. The highest BCUT2D eigenvalue weighted by atomic mass is 32.1. The van der Waals surface area contributed by atoms with Crippen LogP contribution in [0.5, 0.6) is 0 Å². The number of nitrogens with two attached hydrogens (primary N) is 1. The van der Waals surface area contributed by atoms with Gasteiger partial charge in [-0.15, -0.1) is 0 Å². The van der Waals surface area contributed by atoms with Crippen LogP contribution in [0.3, 0.4) is 0 Å². The molecule has 0 unspecified atom stereocenters. The second-order valence-corrected chi connectivity index (χ2v) is 4.08. The molecular formula is C9H18N2OS. The lowest BCUT2D eigenvalue weighted by atomic mass is 10.3. The van der Waals surface area contributed by atoms with Crippen LogP contribution in [-0.2, 0) is 0 Å². The average molecular weight is 202 g/mol. The summed E-state index contributed by atoms with van der Waals surface area (Å²) in [6.07, 6.45) is 4.41. The van der Waals surface area contributed by atoms with Gasteiger partial charge in [-0.25, -0.2) is 0 Å². The zero-order valence-electron chi connectivity index (χ0n) is 7.91. The van der Waals surface area contributed by atoms with Gasteiger partial charge in [0.25, 0.3) is 0 Å². The molecule has 0 atom stereocenters. The molecule has 0 heterocycles. The van der Waals surface area contributed by atoms with Gasteiger partial charge < -0.3 is 10.8 Å². The first-order valence-corrected chi connectivity index (χ1v) is 5.28. The predicted molar refractivity (Wildman–Crippen MR) is 57.7 cm³/mol. The van der Waals surface area contributed by atoms with Crippen LogP contribution in [0.15, 0.2) is 0 Å². The standard InChI is InChI=1S/C9H18N2OS/c10-9(13)2-1-5-11(6-7-12)8-3-4-8/h8,12H,1-7H2,(H2,10,13). The third-order valence-corrected chi connectivity index (χ3v) is 2.52. The summed E-state index contributed by atoms with van der Waals surface area (Å²) in [7, 11) is 0. The fourth-order valence-corrected chi connectivity index (χ4v) is 1.65. The number of aliphatic hydroxyl groups excluding tert-OH is 1. The van der Waals surface area contributed by atoms with E-state index in [4.69, 9.17) is 23.1 Å². The van der Waals surface area contributed by atoms with Crippen molar-refractivity contribution in [3.63, 3.8) is 0 Å². The lowest BCUT2D eigenvalue weighted by molar-refractivity contribution is 0.188. The molecule has 0 saturated heterocycles. The SMILES string of the molecule is NC(=S)CCCN(CCO)C1CC1. The molecule has 4 heteroatoms. The van der Waals surface area contributed by atoms with Crippen LogP contribution in [0, 0.1) is 0 Å². The van der Waals surface area contributed by atoms with Gasteiger partial charge in [-0.05, 0) is 32.2 Å². The van der Waals surface area contributed by atoms with Gasteiger partial charge in [-0.2, -0.15) is 0 Å². The summed E-state index contributed by atoms with van der Waals surface area (Å²) >= 11 is 4.80. The molecule has 0 aromatic heterocycles. The third-order valence-electron chi connectivity index (χ3n) is 2.32. The largest absolute Gasteiger partial charge is 0.395 e. The molecule has 0 amide bonds. The molecule has 0 radical (unpaired) electrons. The summed E-state index contributed by atoms with van der Waals surface area (Å²) in [4.78, 5) is 2.93. The molecule has 3 N–H and O–H groups in total. The summed E-state index contributed by atoms with van der Waals surface area (Å²) in [5, 5.41) is 8.83. The van der Waals surface area contributed by atoms with Gasteiger partial charge in [-0.3, -0.25) is 4.90 Å². The van der Waals surface area contributed by atoms with E-state index in [9.17, 15) is 0 Å². The molecule has 0 spiro atoms. The maximum absolute atomic E-state index is 8.83. The second kappa shape index (κ2) is 5.52. The maximum atomic E-state index is 8.83. The van der Waals surface area contributed by atoms with E-state index in [-0.39, 0.29) is 6.61 Å². The topological polar surface area (TPSA) is 49.5 Å². The van der Waals surface area contributed by atoms with Gasteiger partial charge in [0.15, 0.2) is 0 Å². The monoisotopic (exact) mass is 202 g/mol. The van der Waals surface area contributed by atoms with E-state index in [0.29, 0.717) is 4.99 Å². The Morgan fingerprint density at radius 2 is 2.15 bits per heavy atom. The summed E-state index contributed by atoms with van der Waals surface area (Å²) in [6.45, 7) is 2.06. The number of hydrogen-bond donors (Lipinski definition) is 2. The molecule has 0 aliphatic heterocycles. The van der Waals surface area contributed by atoms with Gasteiger partial charge in [0.1, 0.15) is 0 Å². The molecule has 1 fully saturated rings. The highest BCUT2D eigenvalue weighted by Crippen LogP contribution is 2.26. The second-order valence-electron chi connectivity index (χ2n) is 3.56. The van der Waals surface area contributed by atoms with Crippen molar-refractivity contribution in [2.45, 2.75) is 31.7 Å². The molecule has 1 aliphatic carbocycles. The normalized spacial score (nSPS) is 16.5. The van der Waals surface area contributed by atoms with Crippen LogP contribution >= 0.6 is 12.2 Å². The van der Waals surface area contributed by atoms with Crippen LogP contribution in [-0.4, -0.2) is 40.7 Å². The first-order valence-electron chi connectivity index (χ1n) is 4.87. The molecule has 0 aromatic carbocycles. The minimum absolute atomic E-state index is 0.254. The van der Waals surface area contributed by atoms with E-state index in [1.807, 2.05) is 0 Å². The minimum Gasteiger partial charge on any atom is -0.395 e. The first-order chi connectivity index (χ1) is 6.24.